The second-order valence-corrected chi connectivity index (χ2v) is 7.76. The van der Waals surface area contributed by atoms with Crippen LogP contribution in [-0.2, 0) is 4.79 Å². The highest BCUT2D eigenvalue weighted by Gasteiger charge is 2.25. The van der Waals surface area contributed by atoms with Crippen LogP contribution in [0.15, 0.2) is 42.7 Å². The maximum Gasteiger partial charge on any atom is 0.243 e. The van der Waals surface area contributed by atoms with Crippen molar-refractivity contribution >= 4 is 17.7 Å². The monoisotopic (exact) mass is 390 g/mol. The van der Waals surface area contributed by atoms with E-state index in [2.05, 4.69) is 25.4 Å². The standard InChI is InChI=1S/C21H30N2O3S/c1-15(2)20(16-8-9-18(25-3)19(14-16)26-4)22-21(24)17(10-13-27-5)23-11-6-7-12-23/h6-9,11-12,14-15,17,20H,10,13H2,1-5H3,(H,22,24). The number of methoxy groups -OCH3 is 2. The summed E-state index contributed by atoms with van der Waals surface area (Å²) in [7, 11) is 3.24. The summed E-state index contributed by atoms with van der Waals surface area (Å²) in [5.74, 6) is 2.55. The smallest absolute Gasteiger partial charge is 0.243 e. The van der Waals surface area contributed by atoms with Gasteiger partial charge in [-0.2, -0.15) is 11.8 Å². The van der Waals surface area contributed by atoms with Gasteiger partial charge in [0.1, 0.15) is 6.04 Å². The van der Waals surface area contributed by atoms with Crippen molar-refractivity contribution in [3.63, 3.8) is 0 Å². The van der Waals surface area contributed by atoms with Crippen molar-refractivity contribution in [1.29, 1.82) is 0 Å². The number of thioether (sulfide) groups is 1. The molecule has 1 N–H and O–H groups in total. The Labute approximate surface area is 166 Å². The van der Waals surface area contributed by atoms with Crippen molar-refractivity contribution in [2.75, 3.05) is 26.2 Å². The average Bonchev–Trinajstić information content (AvgIpc) is 3.20. The average molecular weight is 391 g/mol. The van der Waals surface area contributed by atoms with Gasteiger partial charge in [0.05, 0.1) is 20.3 Å². The summed E-state index contributed by atoms with van der Waals surface area (Å²) in [6, 6.07) is 9.39. The number of hydrogen-bond acceptors (Lipinski definition) is 4. The van der Waals surface area contributed by atoms with Gasteiger partial charge in [0, 0.05) is 12.4 Å². The van der Waals surface area contributed by atoms with Crippen LogP contribution in [0.4, 0.5) is 0 Å². The molecule has 0 aliphatic heterocycles. The molecular weight excluding hydrogens is 360 g/mol. The molecule has 2 aromatic rings. The maximum absolute atomic E-state index is 13.1. The largest absolute Gasteiger partial charge is 0.493 e. The summed E-state index contributed by atoms with van der Waals surface area (Å²) in [6.45, 7) is 4.21. The first-order chi connectivity index (χ1) is 13.0. The highest BCUT2D eigenvalue weighted by atomic mass is 32.2. The minimum atomic E-state index is -0.214. The van der Waals surface area contributed by atoms with Gasteiger partial charge in [-0.15, -0.1) is 0 Å². The third kappa shape index (κ3) is 5.45. The Morgan fingerprint density at radius 3 is 2.37 bits per heavy atom. The minimum absolute atomic E-state index is 0.0359. The third-order valence-corrected chi connectivity index (χ3v) is 5.26. The fraction of sp³-hybridized carbons (Fsp3) is 0.476. The number of carbonyl (C=O) groups excluding carboxylic acids is 1. The number of rotatable bonds is 10. The van der Waals surface area contributed by atoms with Crippen LogP contribution in [0.5, 0.6) is 11.5 Å². The Balaban J connectivity index is 2.25. The molecule has 1 heterocycles. The number of nitrogens with zero attached hydrogens (tertiary/aromatic N) is 1. The number of carbonyl (C=O) groups is 1. The van der Waals surface area contributed by atoms with Crippen molar-refractivity contribution in [3.8, 4) is 11.5 Å². The van der Waals surface area contributed by atoms with Crippen LogP contribution in [0.25, 0.3) is 0 Å². The molecule has 0 radical (unpaired) electrons. The van der Waals surface area contributed by atoms with Crippen LogP contribution in [0, 0.1) is 5.92 Å². The molecule has 2 atom stereocenters. The molecule has 5 nitrogen and oxygen atoms in total. The fourth-order valence-electron chi connectivity index (χ4n) is 3.13. The zero-order valence-corrected chi connectivity index (χ0v) is 17.6. The lowest BCUT2D eigenvalue weighted by molar-refractivity contribution is -0.125. The maximum atomic E-state index is 13.1. The van der Waals surface area contributed by atoms with E-state index in [-0.39, 0.29) is 23.9 Å². The van der Waals surface area contributed by atoms with Crippen molar-refractivity contribution in [2.24, 2.45) is 5.92 Å². The Morgan fingerprint density at radius 2 is 1.81 bits per heavy atom. The molecule has 0 saturated carbocycles. The van der Waals surface area contributed by atoms with Crippen LogP contribution >= 0.6 is 11.8 Å². The fourth-order valence-corrected chi connectivity index (χ4v) is 3.59. The highest BCUT2D eigenvalue weighted by Crippen LogP contribution is 2.32. The van der Waals surface area contributed by atoms with Gasteiger partial charge in [0.2, 0.25) is 5.91 Å². The van der Waals surface area contributed by atoms with Crippen molar-refractivity contribution < 1.29 is 14.3 Å². The van der Waals surface area contributed by atoms with E-state index in [1.807, 2.05) is 47.3 Å². The molecular formula is C21H30N2O3S. The molecule has 0 fully saturated rings. The molecule has 1 amide bonds. The van der Waals surface area contributed by atoms with Gasteiger partial charge < -0.3 is 19.4 Å². The second kappa shape index (κ2) is 10.3. The predicted molar refractivity (Wildman–Crippen MR) is 112 cm³/mol. The number of hydrogen-bond donors (Lipinski definition) is 1. The molecule has 1 aromatic heterocycles. The second-order valence-electron chi connectivity index (χ2n) is 6.77. The molecule has 27 heavy (non-hydrogen) atoms. The van der Waals surface area contributed by atoms with Gasteiger partial charge in [-0.05, 0) is 54.2 Å². The van der Waals surface area contributed by atoms with E-state index in [0.29, 0.717) is 11.5 Å². The number of nitrogens with one attached hydrogen (secondary N) is 1. The first kappa shape index (κ1) is 21.2. The molecule has 0 aliphatic carbocycles. The zero-order valence-electron chi connectivity index (χ0n) is 16.8. The Hall–Kier alpha value is -2.08. The van der Waals surface area contributed by atoms with Gasteiger partial charge in [0.15, 0.2) is 11.5 Å². The van der Waals surface area contributed by atoms with Crippen molar-refractivity contribution in [2.45, 2.75) is 32.4 Å². The van der Waals surface area contributed by atoms with Crippen LogP contribution in [0.3, 0.4) is 0 Å². The minimum Gasteiger partial charge on any atom is -0.493 e. The van der Waals surface area contributed by atoms with Crippen LogP contribution < -0.4 is 14.8 Å². The number of amides is 1. The van der Waals surface area contributed by atoms with Crippen LogP contribution in [-0.4, -0.2) is 36.7 Å². The normalized spacial score (nSPS) is 13.3. The summed E-state index contributed by atoms with van der Waals surface area (Å²) in [6.07, 6.45) is 6.75. The van der Waals surface area contributed by atoms with E-state index in [1.165, 1.54) is 0 Å². The Kier molecular flexibility index (Phi) is 8.10. The van der Waals surface area contributed by atoms with E-state index < -0.39 is 0 Å². The first-order valence-electron chi connectivity index (χ1n) is 9.15. The predicted octanol–water partition coefficient (Wildman–Crippen LogP) is 4.31. The van der Waals surface area contributed by atoms with E-state index in [9.17, 15) is 4.79 Å². The third-order valence-electron chi connectivity index (χ3n) is 4.62. The molecule has 0 aliphatic rings. The van der Waals surface area contributed by atoms with Gasteiger partial charge in [-0.3, -0.25) is 4.79 Å². The number of benzene rings is 1. The quantitative estimate of drug-likeness (QED) is 0.657. The molecule has 0 saturated heterocycles. The van der Waals surface area contributed by atoms with Crippen molar-refractivity contribution in [1.82, 2.24) is 9.88 Å². The summed E-state index contributed by atoms with van der Waals surface area (Å²) in [5.41, 5.74) is 1.01. The molecule has 148 valence electrons. The van der Waals surface area contributed by atoms with Gasteiger partial charge >= 0.3 is 0 Å². The molecule has 2 unspecified atom stereocenters. The Bertz CT molecular complexity index is 716. The lowest BCUT2D eigenvalue weighted by atomic mass is 9.95. The summed E-state index contributed by atoms with van der Waals surface area (Å²) >= 11 is 1.75. The van der Waals surface area contributed by atoms with E-state index in [0.717, 1.165) is 17.7 Å². The van der Waals surface area contributed by atoms with Crippen LogP contribution in [0.2, 0.25) is 0 Å². The van der Waals surface area contributed by atoms with Crippen molar-refractivity contribution in [3.05, 3.63) is 48.3 Å². The van der Waals surface area contributed by atoms with Gasteiger partial charge in [-0.1, -0.05) is 19.9 Å². The van der Waals surface area contributed by atoms with E-state index in [1.54, 1.807) is 26.0 Å². The summed E-state index contributed by atoms with van der Waals surface area (Å²) in [4.78, 5) is 13.1. The van der Waals surface area contributed by atoms with Gasteiger partial charge in [-0.25, -0.2) is 0 Å². The van der Waals surface area contributed by atoms with E-state index in [4.69, 9.17) is 9.47 Å². The molecule has 1 aromatic carbocycles. The number of ether oxygens (including phenoxy) is 2. The lowest BCUT2D eigenvalue weighted by Gasteiger charge is -2.27. The molecule has 6 heteroatoms. The number of aromatic nitrogens is 1. The zero-order chi connectivity index (χ0) is 19.8. The highest BCUT2D eigenvalue weighted by molar-refractivity contribution is 7.98. The van der Waals surface area contributed by atoms with Gasteiger partial charge in [0.25, 0.3) is 0 Å². The topological polar surface area (TPSA) is 52.5 Å². The SMILES string of the molecule is COc1ccc(C(NC(=O)C(CCSC)n2cccc2)C(C)C)cc1OC. The van der Waals surface area contributed by atoms with E-state index >= 15 is 0 Å². The Morgan fingerprint density at radius 1 is 1.15 bits per heavy atom. The van der Waals surface area contributed by atoms with Crippen LogP contribution in [0.1, 0.15) is 37.9 Å². The first-order valence-corrected chi connectivity index (χ1v) is 10.5. The summed E-state index contributed by atoms with van der Waals surface area (Å²) < 4.78 is 12.7. The lowest BCUT2D eigenvalue weighted by Crippen LogP contribution is -2.37. The summed E-state index contributed by atoms with van der Waals surface area (Å²) in [5, 5.41) is 3.25. The molecule has 0 bridgehead atoms. The molecule has 2 rings (SSSR count). The molecule has 0 spiro atoms.